The first-order valence-electron chi connectivity index (χ1n) is 11.6. The smallest absolute Gasteiger partial charge is 0.0847 e. The molecule has 6 aliphatic rings. The zero-order valence-electron chi connectivity index (χ0n) is 16.7. The number of likely N-dealkylation sites (tertiary alicyclic amines) is 1. The minimum atomic E-state index is -0.0976. The molecular weight excluding hydrogens is 322 g/mol. The van der Waals surface area contributed by atoms with E-state index in [0.717, 1.165) is 23.7 Å². The number of hydrogen-bond donors (Lipinski definition) is 1. The molecule has 4 aliphatic carbocycles. The average molecular weight is 360 g/mol. The molecule has 0 radical (unpaired) electrons. The second kappa shape index (κ2) is 5.48. The molecule has 26 heavy (non-hydrogen) atoms. The van der Waals surface area contributed by atoms with Crippen LogP contribution in [0.25, 0.3) is 0 Å². The van der Waals surface area contributed by atoms with Crippen molar-refractivity contribution in [3.63, 3.8) is 0 Å². The Labute approximate surface area is 158 Å². The van der Waals surface area contributed by atoms with Crippen LogP contribution in [0.4, 0.5) is 0 Å². The molecule has 3 heteroatoms. The van der Waals surface area contributed by atoms with Gasteiger partial charge in [0.25, 0.3) is 0 Å². The maximum Gasteiger partial charge on any atom is 0.0847 e. The van der Waals surface area contributed by atoms with Crippen LogP contribution in [-0.2, 0) is 4.74 Å². The third-order valence-electron chi connectivity index (χ3n) is 10.5. The standard InChI is InChI=1S/C23H37NO2/c1-22-8-7-16-15(6-5-14-11-19-20(26-19)13-23(14,16)2)17(22)12-18(21(22)25)24-9-3-4-10-24/h14-21,25H,3-13H2,1-2H3/t14-,15-,16+,17+,18+,19+,20-,21+,22+,23+/m1/s1. The van der Waals surface area contributed by atoms with Gasteiger partial charge in [-0.2, -0.15) is 0 Å². The van der Waals surface area contributed by atoms with E-state index in [4.69, 9.17) is 4.74 Å². The van der Waals surface area contributed by atoms with E-state index in [1.54, 1.807) is 0 Å². The van der Waals surface area contributed by atoms with Gasteiger partial charge in [0.1, 0.15) is 0 Å². The number of aliphatic hydroxyl groups is 1. The molecule has 2 saturated heterocycles. The first kappa shape index (κ1) is 16.8. The molecule has 3 nitrogen and oxygen atoms in total. The SMILES string of the molecule is C[C@]12C[C@H]3O[C@H]3C[C@H]1CC[C@@H]1[C@@H]2CC[C@]2(C)[C@@H](O)[C@@H](N3CCCC3)C[C@@H]12. The second-order valence-corrected chi connectivity index (χ2v) is 11.3. The van der Waals surface area contributed by atoms with E-state index in [1.165, 1.54) is 70.9 Å². The third kappa shape index (κ3) is 2.12. The van der Waals surface area contributed by atoms with Gasteiger partial charge in [-0.15, -0.1) is 0 Å². The predicted molar refractivity (Wildman–Crippen MR) is 102 cm³/mol. The molecule has 0 aromatic carbocycles. The summed E-state index contributed by atoms with van der Waals surface area (Å²) in [6.07, 6.45) is 13.1. The lowest BCUT2D eigenvalue weighted by Crippen LogP contribution is -2.54. The molecule has 1 N–H and O–H groups in total. The molecule has 2 aliphatic heterocycles. The number of hydrogen-bond acceptors (Lipinski definition) is 3. The highest BCUT2D eigenvalue weighted by molar-refractivity contribution is 5.15. The van der Waals surface area contributed by atoms with Crippen LogP contribution in [0.2, 0.25) is 0 Å². The van der Waals surface area contributed by atoms with Gasteiger partial charge >= 0.3 is 0 Å². The molecule has 4 saturated carbocycles. The van der Waals surface area contributed by atoms with Crippen molar-refractivity contribution in [1.29, 1.82) is 0 Å². The number of ether oxygens (including phenoxy) is 1. The summed E-state index contributed by atoms with van der Waals surface area (Å²) in [4.78, 5) is 2.64. The molecule has 6 rings (SSSR count). The highest BCUT2D eigenvalue weighted by Crippen LogP contribution is 2.68. The Morgan fingerprint density at radius 1 is 0.923 bits per heavy atom. The molecular formula is C23H37NO2. The number of aliphatic hydroxyl groups excluding tert-OH is 1. The molecule has 10 atom stereocenters. The van der Waals surface area contributed by atoms with Crippen molar-refractivity contribution in [3.05, 3.63) is 0 Å². The first-order valence-corrected chi connectivity index (χ1v) is 11.6. The summed E-state index contributed by atoms with van der Waals surface area (Å²) in [6.45, 7) is 7.51. The lowest BCUT2D eigenvalue weighted by molar-refractivity contribution is -0.119. The van der Waals surface area contributed by atoms with E-state index in [1.807, 2.05) is 0 Å². The van der Waals surface area contributed by atoms with Crippen LogP contribution in [0.5, 0.6) is 0 Å². The van der Waals surface area contributed by atoms with E-state index < -0.39 is 0 Å². The maximum atomic E-state index is 11.4. The van der Waals surface area contributed by atoms with Crippen molar-refractivity contribution in [3.8, 4) is 0 Å². The number of fused-ring (bicyclic) bond motifs is 6. The monoisotopic (exact) mass is 359 g/mol. The van der Waals surface area contributed by atoms with Crippen LogP contribution in [0.3, 0.4) is 0 Å². The van der Waals surface area contributed by atoms with Crippen LogP contribution >= 0.6 is 0 Å². The summed E-state index contributed by atoms with van der Waals surface area (Å²) in [6, 6.07) is 0.444. The summed E-state index contributed by atoms with van der Waals surface area (Å²) >= 11 is 0. The minimum Gasteiger partial charge on any atom is -0.391 e. The van der Waals surface area contributed by atoms with Gasteiger partial charge in [0, 0.05) is 6.04 Å². The Kier molecular flexibility index (Phi) is 3.54. The van der Waals surface area contributed by atoms with Gasteiger partial charge in [-0.25, -0.2) is 0 Å². The average Bonchev–Trinajstić information content (AvgIpc) is 3.02. The van der Waals surface area contributed by atoms with Crippen LogP contribution in [0.15, 0.2) is 0 Å². The maximum absolute atomic E-state index is 11.4. The van der Waals surface area contributed by atoms with Crippen molar-refractivity contribution in [2.75, 3.05) is 13.1 Å². The summed E-state index contributed by atoms with van der Waals surface area (Å²) in [5, 5.41) is 11.4. The lowest BCUT2D eigenvalue weighted by atomic mass is 9.45. The highest BCUT2D eigenvalue weighted by Gasteiger charge is 2.65. The van der Waals surface area contributed by atoms with Crippen LogP contribution < -0.4 is 0 Å². The first-order chi connectivity index (χ1) is 12.5. The highest BCUT2D eigenvalue weighted by atomic mass is 16.6. The lowest BCUT2D eigenvalue weighted by Gasteiger charge is -2.59. The van der Waals surface area contributed by atoms with Crippen molar-refractivity contribution in [2.45, 2.75) is 96.0 Å². The Morgan fingerprint density at radius 3 is 2.54 bits per heavy atom. The molecule has 0 aromatic rings. The van der Waals surface area contributed by atoms with E-state index in [9.17, 15) is 5.11 Å². The van der Waals surface area contributed by atoms with Crippen LogP contribution in [-0.4, -0.2) is 47.4 Å². The summed E-state index contributed by atoms with van der Waals surface area (Å²) in [5.74, 6) is 3.39. The van der Waals surface area contributed by atoms with Crippen molar-refractivity contribution in [1.82, 2.24) is 4.90 Å². The Bertz CT molecular complexity index is 589. The predicted octanol–water partition coefficient (Wildman–Crippen LogP) is 3.84. The van der Waals surface area contributed by atoms with E-state index in [2.05, 4.69) is 18.7 Å². The molecule has 146 valence electrons. The summed E-state index contributed by atoms with van der Waals surface area (Å²) in [7, 11) is 0. The normalized spacial score (nSPS) is 61.5. The fourth-order valence-corrected chi connectivity index (χ4v) is 8.93. The fraction of sp³-hybridized carbons (Fsp3) is 1.00. The van der Waals surface area contributed by atoms with Gasteiger partial charge in [-0.3, -0.25) is 4.90 Å². The topological polar surface area (TPSA) is 36.0 Å². The van der Waals surface area contributed by atoms with Crippen LogP contribution in [0, 0.1) is 34.5 Å². The van der Waals surface area contributed by atoms with Gasteiger partial charge in [0.15, 0.2) is 0 Å². The summed E-state index contributed by atoms with van der Waals surface area (Å²) < 4.78 is 5.98. The molecule has 0 aromatic heterocycles. The molecule has 0 unspecified atom stereocenters. The zero-order valence-corrected chi connectivity index (χ0v) is 16.7. The number of rotatable bonds is 1. The Hall–Kier alpha value is -0.120. The minimum absolute atomic E-state index is 0.0976. The van der Waals surface area contributed by atoms with E-state index in [-0.39, 0.29) is 11.5 Å². The third-order valence-corrected chi connectivity index (χ3v) is 10.5. The number of epoxide rings is 1. The van der Waals surface area contributed by atoms with E-state index in [0.29, 0.717) is 23.7 Å². The van der Waals surface area contributed by atoms with Crippen molar-refractivity contribution < 1.29 is 9.84 Å². The van der Waals surface area contributed by atoms with Crippen molar-refractivity contribution in [2.24, 2.45) is 34.5 Å². The quantitative estimate of drug-likeness (QED) is 0.723. The molecule has 0 amide bonds. The van der Waals surface area contributed by atoms with Gasteiger partial charge in [0.05, 0.1) is 18.3 Å². The van der Waals surface area contributed by atoms with E-state index >= 15 is 0 Å². The van der Waals surface area contributed by atoms with Crippen molar-refractivity contribution >= 4 is 0 Å². The van der Waals surface area contributed by atoms with Gasteiger partial charge in [-0.1, -0.05) is 13.8 Å². The fourth-order valence-electron chi connectivity index (χ4n) is 8.93. The second-order valence-electron chi connectivity index (χ2n) is 11.3. The zero-order chi connectivity index (χ0) is 17.7. The van der Waals surface area contributed by atoms with Gasteiger partial charge in [-0.05, 0) is 105 Å². The molecule has 0 bridgehead atoms. The molecule has 6 fully saturated rings. The molecule has 0 spiro atoms. The van der Waals surface area contributed by atoms with Gasteiger partial charge in [0.2, 0.25) is 0 Å². The van der Waals surface area contributed by atoms with Crippen LogP contribution in [0.1, 0.15) is 71.6 Å². The summed E-state index contributed by atoms with van der Waals surface area (Å²) in [5.41, 5.74) is 0.684. The Morgan fingerprint density at radius 2 is 1.73 bits per heavy atom. The molecule has 2 heterocycles. The Balaban J connectivity index is 1.29. The van der Waals surface area contributed by atoms with Gasteiger partial charge < -0.3 is 9.84 Å². The number of nitrogens with zero attached hydrogens (tertiary/aromatic N) is 1. The largest absolute Gasteiger partial charge is 0.391 e.